The molecule has 3 N–H and O–H groups in total. The van der Waals surface area contributed by atoms with E-state index in [2.05, 4.69) is 27.3 Å². The van der Waals surface area contributed by atoms with E-state index in [-0.39, 0.29) is 5.41 Å². The van der Waals surface area contributed by atoms with Gasteiger partial charge >= 0.3 is 0 Å². The third kappa shape index (κ3) is 1.23. The summed E-state index contributed by atoms with van der Waals surface area (Å²) in [6.07, 6.45) is 7.24. The Labute approximate surface area is 93.9 Å². The molecule has 4 nitrogen and oxygen atoms in total. The second kappa shape index (κ2) is 3.33. The van der Waals surface area contributed by atoms with Gasteiger partial charge in [-0.05, 0) is 30.5 Å². The van der Waals surface area contributed by atoms with Gasteiger partial charge in [-0.15, -0.1) is 0 Å². The van der Waals surface area contributed by atoms with Gasteiger partial charge in [-0.1, -0.05) is 6.42 Å². The smallest absolute Gasteiger partial charge is 0.145 e. The van der Waals surface area contributed by atoms with Gasteiger partial charge in [0, 0.05) is 29.6 Å². The number of nitrogen functional groups attached to an aromatic ring is 1. The first-order chi connectivity index (χ1) is 7.81. The SMILES string of the molecule is Nc1cc(C2(c3ccncc3)CCC2)[nH]n1. The third-order valence-electron chi connectivity index (χ3n) is 3.55. The molecule has 1 saturated carbocycles. The molecule has 2 aromatic heterocycles. The molecule has 0 bridgehead atoms. The minimum Gasteiger partial charge on any atom is -0.382 e. The highest BCUT2D eigenvalue weighted by Crippen LogP contribution is 2.48. The number of hydrogen-bond acceptors (Lipinski definition) is 3. The standard InChI is InChI=1S/C12H14N4/c13-11-8-10(15-16-11)12(4-1-5-12)9-2-6-14-7-3-9/h2-3,6-8H,1,4-5H2,(H3,13,15,16). The number of rotatable bonds is 2. The van der Waals surface area contributed by atoms with Gasteiger partial charge in [0.1, 0.15) is 5.82 Å². The van der Waals surface area contributed by atoms with Crippen LogP contribution in [0.3, 0.4) is 0 Å². The molecular weight excluding hydrogens is 200 g/mol. The second-order valence-electron chi connectivity index (χ2n) is 4.38. The zero-order valence-electron chi connectivity index (χ0n) is 8.98. The fourth-order valence-electron chi connectivity index (χ4n) is 2.50. The Morgan fingerprint density at radius 2 is 2.00 bits per heavy atom. The second-order valence-corrected chi connectivity index (χ2v) is 4.38. The van der Waals surface area contributed by atoms with Crippen LogP contribution in [0.4, 0.5) is 5.82 Å². The molecule has 0 aliphatic heterocycles. The van der Waals surface area contributed by atoms with Crippen LogP contribution in [-0.2, 0) is 5.41 Å². The lowest BCUT2D eigenvalue weighted by molar-refractivity contribution is 0.293. The van der Waals surface area contributed by atoms with E-state index in [1.807, 2.05) is 18.5 Å². The summed E-state index contributed by atoms with van der Waals surface area (Å²) in [5.74, 6) is 0.565. The Hall–Kier alpha value is -1.84. The number of nitrogens with one attached hydrogen (secondary N) is 1. The van der Waals surface area contributed by atoms with E-state index >= 15 is 0 Å². The molecule has 0 atom stereocenters. The summed E-state index contributed by atoms with van der Waals surface area (Å²) < 4.78 is 0. The van der Waals surface area contributed by atoms with Crippen molar-refractivity contribution in [3.8, 4) is 0 Å². The lowest BCUT2D eigenvalue weighted by atomic mass is 9.63. The molecule has 0 saturated heterocycles. The van der Waals surface area contributed by atoms with E-state index in [1.54, 1.807) is 0 Å². The van der Waals surface area contributed by atoms with E-state index in [1.165, 1.54) is 12.0 Å². The van der Waals surface area contributed by atoms with Crippen molar-refractivity contribution >= 4 is 5.82 Å². The first kappa shape index (κ1) is 9.39. The van der Waals surface area contributed by atoms with Gasteiger partial charge in [0.25, 0.3) is 0 Å². The van der Waals surface area contributed by atoms with Gasteiger partial charge in [0.15, 0.2) is 0 Å². The highest BCUT2D eigenvalue weighted by molar-refractivity contribution is 5.41. The van der Waals surface area contributed by atoms with Crippen molar-refractivity contribution in [2.45, 2.75) is 24.7 Å². The summed E-state index contributed by atoms with van der Waals surface area (Å²) >= 11 is 0. The highest BCUT2D eigenvalue weighted by atomic mass is 15.2. The van der Waals surface area contributed by atoms with Gasteiger partial charge < -0.3 is 5.73 Å². The number of anilines is 1. The average Bonchev–Trinajstić information content (AvgIpc) is 2.65. The van der Waals surface area contributed by atoms with Crippen LogP contribution in [0.25, 0.3) is 0 Å². The molecule has 1 aliphatic carbocycles. The van der Waals surface area contributed by atoms with E-state index in [9.17, 15) is 0 Å². The fraction of sp³-hybridized carbons (Fsp3) is 0.333. The Morgan fingerprint density at radius 1 is 1.25 bits per heavy atom. The van der Waals surface area contributed by atoms with Crippen molar-refractivity contribution in [1.82, 2.24) is 15.2 Å². The predicted molar refractivity (Wildman–Crippen MR) is 61.9 cm³/mol. The lowest BCUT2D eigenvalue weighted by Crippen LogP contribution is -2.35. The fourth-order valence-corrected chi connectivity index (χ4v) is 2.50. The van der Waals surface area contributed by atoms with Gasteiger partial charge in [-0.3, -0.25) is 10.1 Å². The summed E-state index contributed by atoms with van der Waals surface area (Å²) in [5.41, 5.74) is 8.20. The molecule has 82 valence electrons. The maximum atomic E-state index is 5.68. The van der Waals surface area contributed by atoms with Crippen LogP contribution in [0, 0.1) is 0 Å². The van der Waals surface area contributed by atoms with Crippen molar-refractivity contribution in [3.63, 3.8) is 0 Å². The van der Waals surface area contributed by atoms with Crippen LogP contribution in [0.5, 0.6) is 0 Å². The van der Waals surface area contributed by atoms with Crippen LogP contribution in [-0.4, -0.2) is 15.2 Å². The third-order valence-corrected chi connectivity index (χ3v) is 3.55. The van der Waals surface area contributed by atoms with E-state index < -0.39 is 0 Å². The van der Waals surface area contributed by atoms with Crippen LogP contribution in [0.15, 0.2) is 30.6 Å². The Balaban J connectivity index is 2.07. The summed E-state index contributed by atoms with van der Waals surface area (Å²) in [6, 6.07) is 6.10. The highest BCUT2D eigenvalue weighted by Gasteiger charge is 2.41. The van der Waals surface area contributed by atoms with Gasteiger partial charge in [0.05, 0.1) is 0 Å². The number of aromatic amines is 1. The minimum absolute atomic E-state index is 0.0908. The quantitative estimate of drug-likeness (QED) is 0.801. The maximum absolute atomic E-state index is 5.68. The van der Waals surface area contributed by atoms with Crippen molar-refractivity contribution in [3.05, 3.63) is 41.9 Å². The number of H-pyrrole nitrogens is 1. The molecule has 1 aliphatic rings. The van der Waals surface area contributed by atoms with Crippen molar-refractivity contribution in [2.75, 3.05) is 5.73 Å². The molecule has 0 amide bonds. The normalized spacial score (nSPS) is 18.0. The maximum Gasteiger partial charge on any atom is 0.145 e. The number of nitrogens with zero attached hydrogens (tertiary/aromatic N) is 2. The first-order valence-electron chi connectivity index (χ1n) is 5.53. The largest absolute Gasteiger partial charge is 0.382 e. The summed E-state index contributed by atoms with van der Waals surface area (Å²) in [7, 11) is 0. The Morgan fingerprint density at radius 3 is 2.50 bits per heavy atom. The zero-order valence-corrected chi connectivity index (χ0v) is 8.98. The molecular formula is C12H14N4. The van der Waals surface area contributed by atoms with Crippen LogP contribution in [0.1, 0.15) is 30.5 Å². The van der Waals surface area contributed by atoms with Gasteiger partial charge in [-0.25, -0.2) is 0 Å². The molecule has 4 heteroatoms. The molecule has 2 aromatic rings. The average molecular weight is 214 g/mol. The molecule has 0 spiro atoms. The molecule has 3 rings (SSSR count). The molecule has 0 unspecified atom stereocenters. The summed E-state index contributed by atoms with van der Waals surface area (Å²) in [5, 5.41) is 7.08. The van der Waals surface area contributed by atoms with E-state index in [0.717, 1.165) is 18.5 Å². The minimum atomic E-state index is 0.0908. The summed E-state index contributed by atoms with van der Waals surface area (Å²) in [6.45, 7) is 0. The lowest BCUT2D eigenvalue weighted by Gasteiger charge is -2.41. The monoisotopic (exact) mass is 214 g/mol. The number of pyridine rings is 1. The van der Waals surface area contributed by atoms with E-state index in [0.29, 0.717) is 5.82 Å². The Bertz CT molecular complexity index is 485. The van der Waals surface area contributed by atoms with Gasteiger partial charge in [0.2, 0.25) is 0 Å². The Kier molecular flexibility index (Phi) is 1.96. The van der Waals surface area contributed by atoms with Gasteiger partial charge in [-0.2, -0.15) is 5.10 Å². The number of hydrogen-bond donors (Lipinski definition) is 2. The number of aromatic nitrogens is 3. The van der Waals surface area contributed by atoms with Crippen molar-refractivity contribution < 1.29 is 0 Å². The van der Waals surface area contributed by atoms with Crippen molar-refractivity contribution in [2.24, 2.45) is 0 Å². The zero-order chi connectivity index (χ0) is 11.0. The van der Waals surface area contributed by atoms with Crippen LogP contribution < -0.4 is 5.73 Å². The van der Waals surface area contributed by atoms with E-state index in [4.69, 9.17) is 5.73 Å². The molecule has 0 radical (unpaired) electrons. The molecule has 1 fully saturated rings. The van der Waals surface area contributed by atoms with Crippen LogP contribution in [0.2, 0.25) is 0 Å². The van der Waals surface area contributed by atoms with Crippen LogP contribution >= 0.6 is 0 Å². The molecule has 2 heterocycles. The molecule has 0 aromatic carbocycles. The summed E-state index contributed by atoms with van der Waals surface area (Å²) in [4.78, 5) is 4.07. The predicted octanol–water partition coefficient (Wildman–Crippen LogP) is 1.86. The molecule has 16 heavy (non-hydrogen) atoms. The van der Waals surface area contributed by atoms with Crippen molar-refractivity contribution in [1.29, 1.82) is 0 Å². The number of nitrogens with two attached hydrogens (primary N) is 1. The topological polar surface area (TPSA) is 67.6 Å². The first-order valence-corrected chi connectivity index (χ1v) is 5.53.